The molecule has 1 aliphatic heterocycles. The number of nitrogens with one attached hydrogen (secondary N) is 1. The first-order valence-corrected chi connectivity index (χ1v) is 8.12. The molecule has 0 aromatic carbocycles. The molecule has 7 heteroatoms. The summed E-state index contributed by atoms with van der Waals surface area (Å²) >= 11 is 1.33. The number of hydrogen-bond donors (Lipinski definition) is 2. The normalized spacial score (nSPS) is 19.4. The van der Waals surface area contributed by atoms with Crippen LogP contribution in [0.5, 0.6) is 0 Å². The highest BCUT2D eigenvalue weighted by molar-refractivity contribution is 7.12. The van der Waals surface area contributed by atoms with Crippen LogP contribution in [0.2, 0.25) is 0 Å². The van der Waals surface area contributed by atoms with Crippen LogP contribution in [0.25, 0.3) is 0 Å². The van der Waals surface area contributed by atoms with E-state index >= 15 is 0 Å². The predicted molar refractivity (Wildman–Crippen MR) is 81.0 cm³/mol. The van der Waals surface area contributed by atoms with Gasteiger partial charge < -0.3 is 15.2 Å². The molecule has 2 unspecified atom stereocenters. The monoisotopic (exact) mass is 325 g/mol. The second-order valence-electron chi connectivity index (χ2n) is 5.26. The molecule has 0 aliphatic carbocycles. The van der Waals surface area contributed by atoms with Crippen molar-refractivity contribution < 1.29 is 24.2 Å². The Hall–Kier alpha value is -1.73. The molecule has 1 saturated heterocycles. The molecule has 120 valence electrons. The smallest absolute Gasteiger partial charge is 0.326 e. The first kappa shape index (κ1) is 16.6. The summed E-state index contributed by atoms with van der Waals surface area (Å²) in [5, 5.41) is 13.6. The van der Waals surface area contributed by atoms with Gasteiger partial charge in [0.25, 0.3) is 0 Å². The minimum Gasteiger partial charge on any atom is -0.480 e. The van der Waals surface area contributed by atoms with Crippen molar-refractivity contribution in [3.8, 4) is 0 Å². The number of Topliss-reactive ketones (excluding diaryl/α,β-unsaturated/α-hetero) is 1. The lowest BCUT2D eigenvalue weighted by molar-refractivity contribution is -0.145. The Bertz CT molecular complexity index is 522. The zero-order valence-electron chi connectivity index (χ0n) is 12.1. The van der Waals surface area contributed by atoms with Crippen molar-refractivity contribution in [2.45, 2.75) is 31.7 Å². The van der Waals surface area contributed by atoms with Crippen molar-refractivity contribution in [1.29, 1.82) is 0 Å². The van der Waals surface area contributed by atoms with Gasteiger partial charge in [-0.25, -0.2) is 4.79 Å². The number of amides is 1. The number of rotatable bonds is 7. The second kappa shape index (κ2) is 8.05. The van der Waals surface area contributed by atoms with Gasteiger partial charge in [-0.1, -0.05) is 6.07 Å². The van der Waals surface area contributed by atoms with Gasteiger partial charge in [-0.3, -0.25) is 9.59 Å². The van der Waals surface area contributed by atoms with E-state index in [1.807, 2.05) is 0 Å². The highest BCUT2D eigenvalue weighted by Gasteiger charge is 2.31. The van der Waals surface area contributed by atoms with E-state index in [0.29, 0.717) is 24.5 Å². The lowest BCUT2D eigenvalue weighted by Crippen LogP contribution is -2.48. The number of hydrogen-bond acceptors (Lipinski definition) is 5. The van der Waals surface area contributed by atoms with Gasteiger partial charge in [0.15, 0.2) is 5.78 Å². The van der Waals surface area contributed by atoms with Crippen LogP contribution < -0.4 is 5.32 Å². The summed E-state index contributed by atoms with van der Waals surface area (Å²) in [6, 6.07) is 2.54. The Balaban J connectivity index is 1.83. The molecule has 0 spiro atoms. The maximum atomic E-state index is 11.9. The number of thiophene rings is 1. The van der Waals surface area contributed by atoms with Gasteiger partial charge in [-0.05, 0) is 24.3 Å². The van der Waals surface area contributed by atoms with E-state index in [1.54, 1.807) is 17.5 Å². The van der Waals surface area contributed by atoms with Crippen LogP contribution in [0, 0.1) is 5.92 Å². The first-order valence-electron chi connectivity index (χ1n) is 7.24. The Morgan fingerprint density at radius 3 is 2.82 bits per heavy atom. The number of carbonyl (C=O) groups is 3. The van der Waals surface area contributed by atoms with Crippen molar-refractivity contribution in [3.05, 3.63) is 22.4 Å². The third-order valence-corrected chi connectivity index (χ3v) is 4.54. The fourth-order valence-electron chi connectivity index (χ4n) is 2.44. The van der Waals surface area contributed by atoms with Gasteiger partial charge in [0.05, 0.1) is 11.5 Å². The molecule has 6 nitrogen and oxygen atoms in total. The van der Waals surface area contributed by atoms with E-state index < -0.39 is 17.9 Å². The van der Waals surface area contributed by atoms with Crippen molar-refractivity contribution in [2.75, 3.05) is 13.2 Å². The molecule has 0 bridgehead atoms. The van der Waals surface area contributed by atoms with E-state index in [1.165, 1.54) is 11.3 Å². The minimum atomic E-state index is -1.06. The Morgan fingerprint density at radius 1 is 1.41 bits per heavy atom. The molecule has 0 radical (unpaired) electrons. The van der Waals surface area contributed by atoms with Crippen molar-refractivity contribution in [3.63, 3.8) is 0 Å². The number of carboxylic acids is 1. The van der Waals surface area contributed by atoms with Crippen LogP contribution in [-0.2, 0) is 14.3 Å². The Kier molecular flexibility index (Phi) is 6.09. The highest BCUT2D eigenvalue weighted by Crippen LogP contribution is 2.18. The van der Waals surface area contributed by atoms with Crippen LogP contribution in [0.1, 0.15) is 35.4 Å². The molecule has 2 N–H and O–H groups in total. The largest absolute Gasteiger partial charge is 0.480 e. The molecule has 1 aromatic rings. The van der Waals surface area contributed by atoms with Gasteiger partial charge in [0.1, 0.15) is 6.04 Å². The average molecular weight is 325 g/mol. The van der Waals surface area contributed by atoms with Crippen molar-refractivity contribution >= 4 is 29.0 Å². The zero-order valence-corrected chi connectivity index (χ0v) is 12.9. The summed E-state index contributed by atoms with van der Waals surface area (Å²) in [4.78, 5) is 35.7. The van der Waals surface area contributed by atoms with Crippen molar-refractivity contribution in [2.24, 2.45) is 5.92 Å². The summed E-state index contributed by atoms with van der Waals surface area (Å²) in [7, 11) is 0. The molecular formula is C15H19NO5S. The van der Waals surface area contributed by atoms with E-state index in [2.05, 4.69) is 5.32 Å². The molecule has 2 heterocycles. The van der Waals surface area contributed by atoms with Crippen molar-refractivity contribution in [1.82, 2.24) is 5.32 Å². The van der Waals surface area contributed by atoms with Crippen LogP contribution in [0.3, 0.4) is 0 Å². The predicted octanol–water partition coefficient (Wildman–Crippen LogP) is 1.71. The third kappa shape index (κ3) is 4.64. The molecule has 0 saturated carbocycles. The quantitative estimate of drug-likeness (QED) is 0.745. The lowest BCUT2D eigenvalue weighted by Gasteiger charge is -2.28. The van der Waals surface area contributed by atoms with E-state index in [-0.39, 0.29) is 24.5 Å². The van der Waals surface area contributed by atoms with E-state index in [0.717, 1.165) is 6.42 Å². The maximum Gasteiger partial charge on any atom is 0.326 e. The highest BCUT2D eigenvalue weighted by atomic mass is 32.1. The number of carboxylic acid groups (broad SMARTS) is 1. The minimum absolute atomic E-state index is 0.00586. The summed E-state index contributed by atoms with van der Waals surface area (Å²) in [6.07, 6.45) is 1.58. The van der Waals surface area contributed by atoms with E-state index in [4.69, 9.17) is 4.74 Å². The fraction of sp³-hybridized carbons (Fsp3) is 0.533. The second-order valence-corrected chi connectivity index (χ2v) is 6.21. The maximum absolute atomic E-state index is 11.9. The molecule has 1 aliphatic rings. The standard InChI is InChI=1S/C15H19NO5S/c17-11(12-4-2-8-22-12)5-6-13(18)16-14(15(19)20)10-3-1-7-21-9-10/h2,4,8,10,14H,1,3,5-7,9H2,(H,16,18)(H,19,20). The van der Waals surface area contributed by atoms with Crippen LogP contribution in [0.4, 0.5) is 0 Å². The van der Waals surface area contributed by atoms with Gasteiger partial charge in [0, 0.05) is 25.4 Å². The topological polar surface area (TPSA) is 92.7 Å². The SMILES string of the molecule is O=C(CCC(=O)c1cccs1)NC(C(=O)O)C1CCCOC1. The van der Waals surface area contributed by atoms with Crippen LogP contribution in [-0.4, -0.2) is 42.0 Å². The average Bonchev–Trinajstić information content (AvgIpc) is 3.05. The molecule has 1 aromatic heterocycles. The van der Waals surface area contributed by atoms with Crippen LogP contribution >= 0.6 is 11.3 Å². The van der Waals surface area contributed by atoms with Crippen LogP contribution in [0.15, 0.2) is 17.5 Å². The van der Waals surface area contributed by atoms with Gasteiger partial charge in [-0.15, -0.1) is 11.3 Å². The fourth-order valence-corrected chi connectivity index (χ4v) is 3.14. The summed E-state index contributed by atoms with van der Waals surface area (Å²) in [6.45, 7) is 0.970. The lowest BCUT2D eigenvalue weighted by atomic mass is 9.93. The molecule has 1 amide bonds. The number of aliphatic carboxylic acids is 1. The molecule has 1 fully saturated rings. The Morgan fingerprint density at radius 2 is 2.23 bits per heavy atom. The third-order valence-electron chi connectivity index (χ3n) is 3.62. The van der Waals surface area contributed by atoms with E-state index in [9.17, 15) is 19.5 Å². The molecule has 2 atom stereocenters. The number of ketones is 1. The molecular weight excluding hydrogens is 306 g/mol. The molecule has 2 rings (SSSR count). The van der Waals surface area contributed by atoms with Gasteiger partial charge in [0.2, 0.25) is 5.91 Å². The number of carbonyl (C=O) groups excluding carboxylic acids is 2. The number of ether oxygens (including phenoxy) is 1. The Labute approximate surface area is 132 Å². The molecule has 22 heavy (non-hydrogen) atoms. The first-order chi connectivity index (χ1) is 10.6. The summed E-state index contributed by atoms with van der Waals surface area (Å²) in [5.74, 6) is -1.79. The van der Waals surface area contributed by atoms with Gasteiger partial charge in [-0.2, -0.15) is 0 Å². The zero-order chi connectivity index (χ0) is 15.9. The summed E-state index contributed by atoms with van der Waals surface area (Å²) in [5.41, 5.74) is 0. The van der Waals surface area contributed by atoms with Gasteiger partial charge >= 0.3 is 5.97 Å². The summed E-state index contributed by atoms with van der Waals surface area (Å²) < 4.78 is 5.27.